The Balaban J connectivity index is 1.44. The molecule has 1 aromatic carbocycles. The molecule has 3 heterocycles. The highest BCUT2D eigenvalue weighted by molar-refractivity contribution is 5.89. The van der Waals surface area contributed by atoms with Crippen LogP contribution in [0.15, 0.2) is 34.9 Å². The normalized spacial score (nSPS) is 18.9. The van der Waals surface area contributed by atoms with Crippen LogP contribution in [0.1, 0.15) is 23.3 Å². The van der Waals surface area contributed by atoms with Gasteiger partial charge in [0.25, 0.3) is 0 Å². The van der Waals surface area contributed by atoms with Gasteiger partial charge in [-0.05, 0) is 41.8 Å². The largest absolute Gasteiger partial charge is 0.493 e. The van der Waals surface area contributed by atoms with Crippen LogP contribution in [0, 0.1) is 5.92 Å². The predicted molar refractivity (Wildman–Crippen MR) is 101 cm³/mol. The van der Waals surface area contributed by atoms with Gasteiger partial charge in [0.1, 0.15) is 5.76 Å². The van der Waals surface area contributed by atoms with E-state index in [9.17, 15) is 9.59 Å². The maximum Gasteiger partial charge on any atom is 0.228 e. The quantitative estimate of drug-likeness (QED) is 0.791. The van der Waals surface area contributed by atoms with E-state index in [1.165, 1.54) is 5.56 Å². The van der Waals surface area contributed by atoms with Crippen molar-refractivity contribution in [2.24, 2.45) is 5.92 Å². The molecular formula is C21H24N2O5. The first-order valence-corrected chi connectivity index (χ1v) is 9.41. The first kappa shape index (κ1) is 18.4. The molecule has 0 N–H and O–H groups in total. The number of likely N-dealkylation sites (tertiary alicyclic amines) is 1. The van der Waals surface area contributed by atoms with Crippen LogP contribution in [0.2, 0.25) is 0 Å². The summed E-state index contributed by atoms with van der Waals surface area (Å²) in [6, 6.07) is 7.56. The number of methoxy groups -OCH3 is 2. The molecule has 148 valence electrons. The van der Waals surface area contributed by atoms with E-state index in [1.54, 1.807) is 31.4 Å². The minimum absolute atomic E-state index is 0.00133. The Morgan fingerprint density at radius 2 is 1.96 bits per heavy atom. The fourth-order valence-corrected chi connectivity index (χ4v) is 4.01. The van der Waals surface area contributed by atoms with E-state index in [0.29, 0.717) is 37.7 Å². The number of hydrogen-bond acceptors (Lipinski definition) is 5. The third kappa shape index (κ3) is 3.44. The summed E-state index contributed by atoms with van der Waals surface area (Å²) in [6.45, 7) is 2.02. The van der Waals surface area contributed by atoms with Crippen LogP contribution < -0.4 is 9.47 Å². The van der Waals surface area contributed by atoms with Gasteiger partial charge in [-0.15, -0.1) is 0 Å². The third-order valence-corrected chi connectivity index (χ3v) is 5.52. The molecular weight excluding hydrogens is 360 g/mol. The first-order chi connectivity index (χ1) is 13.6. The van der Waals surface area contributed by atoms with E-state index in [4.69, 9.17) is 13.9 Å². The summed E-state index contributed by atoms with van der Waals surface area (Å²) >= 11 is 0. The maximum atomic E-state index is 13.0. The van der Waals surface area contributed by atoms with Gasteiger partial charge in [0.15, 0.2) is 11.5 Å². The Hall–Kier alpha value is -2.96. The molecule has 1 fully saturated rings. The van der Waals surface area contributed by atoms with Crippen molar-refractivity contribution in [2.45, 2.75) is 25.9 Å². The van der Waals surface area contributed by atoms with Crippen LogP contribution in [0.4, 0.5) is 0 Å². The topological polar surface area (TPSA) is 72.2 Å². The Morgan fingerprint density at radius 3 is 2.64 bits per heavy atom. The second-order valence-corrected chi connectivity index (χ2v) is 7.24. The van der Waals surface area contributed by atoms with Gasteiger partial charge in [-0.25, -0.2) is 0 Å². The van der Waals surface area contributed by atoms with Crippen molar-refractivity contribution >= 4 is 11.8 Å². The van der Waals surface area contributed by atoms with Crippen molar-refractivity contribution in [1.82, 2.24) is 9.80 Å². The number of ether oxygens (including phenoxy) is 2. The lowest BCUT2D eigenvalue weighted by Crippen LogP contribution is -2.40. The fourth-order valence-electron chi connectivity index (χ4n) is 4.01. The Labute approximate surface area is 163 Å². The number of hydrogen-bond donors (Lipinski definition) is 0. The van der Waals surface area contributed by atoms with Crippen LogP contribution in [-0.2, 0) is 29.1 Å². The van der Waals surface area contributed by atoms with Crippen LogP contribution in [-0.4, -0.2) is 48.9 Å². The van der Waals surface area contributed by atoms with E-state index in [1.807, 2.05) is 23.1 Å². The molecule has 1 aromatic heterocycles. The molecule has 1 saturated heterocycles. The lowest BCUT2D eigenvalue weighted by Gasteiger charge is -2.31. The summed E-state index contributed by atoms with van der Waals surface area (Å²) < 4.78 is 16.1. The van der Waals surface area contributed by atoms with E-state index >= 15 is 0 Å². The van der Waals surface area contributed by atoms with Gasteiger partial charge in [-0.1, -0.05) is 0 Å². The van der Waals surface area contributed by atoms with Gasteiger partial charge in [-0.2, -0.15) is 0 Å². The number of carbonyl (C=O) groups excluding carboxylic acids is 2. The van der Waals surface area contributed by atoms with Crippen molar-refractivity contribution in [2.75, 3.05) is 27.3 Å². The second-order valence-electron chi connectivity index (χ2n) is 7.24. The second kappa shape index (κ2) is 7.58. The van der Waals surface area contributed by atoms with Crippen molar-refractivity contribution in [1.29, 1.82) is 0 Å². The zero-order chi connectivity index (χ0) is 19.7. The van der Waals surface area contributed by atoms with E-state index in [2.05, 4.69) is 0 Å². The third-order valence-electron chi connectivity index (χ3n) is 5.52. The molecule has 0 aliphatic carbocycles. The van der Waals surface area contributed by atoms with Crippen molar-refractivity contribution in [3.63, 3.8) is 0 Å². The predicted octanol–water partition coefficient (Wildman–Crippen LogP) is 2.23. The summed E-state index contributed by atoms with van der Waals surface area (Å²) in [5.74, 6) is 1.83. The highest BCUT2D eigenvalue weighted by Crippen LogP contribution is 2.34. The number of nitrogens with zero attached hydrogens (tertiary/aromatic N) is 2. The van der Waals surface area contributed by atoms with Gasteiger partial charge in [0, 0.05) is 26.1 Å². The molecule has 4 rings (SSSR count). The standard InChI is InChI=1S/C21H24N2O5/c1-26-18-8-14-5-6-22(11-15(14)9-19(18)27-2)21(25)16-10-20(24)23(12-16)13-17-4-3-7-28-17/h3-4,7-9,16H,5-6,10-13H2,1-2H3. The number of carbonyl (C=O) groups is 2. The lowest BCUT2D eigenvalue weighted by molar-refractivity contribution is -0.136. The smallest absolute Gasteiger partial charge is 0.228 e. The maximum absolute atomic E-state index is 13.0. The van der Waals surface area contributed by atoms with Gasteiger partial charge in [-0.3, -0.25) is 9.59 Å². The molecule has 0 bridgehead atoms. The summed E-state index contributed by atoms with van der Waals surface area (Å²) in [7, 11) is 3.22. The zero-order valence-corrected chi connectivity index (χ0v) is 16.1. The number of rotatable bonds is 5. The Kier molecular flexibility index (Phi) is 4.98. The van der Waals surface area contributed by atoms with Crippen molar-refractivity contribution in [3.8, 4) is 11.5 Å². The molecule has 7 heteroatoms. The average molecular weight is 384 g/mol. The molecule has 1 unspecified atom stereocenters. The van der Waals surface area contributed by atoms with Gasteiger partial charge < -0.3 is 23.7 Å². The number of fused-ring (bicyclic) bond motifs is 1. The van der Waals surface area contributed by atoms with Crippen LogP contribution in [0.25, 0.3) is 0 Å². The van der Waals surface area contributed by atoms with Crippen molar-refractivity contribution in [3.05, 3.63) is 47.4 Å². The van der Waals surface area contributed by atoms with E-state index in [0.717, 1.165) is 17.7 Å². The van der Waals surface area contributed by atoms with Crippen LogP contribution in [0.3, 0.4) is 0 Å². The number of furan rings is 1. The monoisotopic (exact) mass is 384 g/mol. The van der Waals surface area contributed by atoms with Gasteiger partial charge >= 0.3 is 0 Å². The molecule has 0 radical (unpaired) electrons. The first-order valence-electron chi connectivity index (χ1n) is 9.41. The van der Waals surface area contributed by atoms with Crippen LogP contribution in [0.5, 0.6) is 11.5 Å². The molecule has 0 saturated carbocycles. The summed E-state index contributed by atoms with van der Waals surface area (Å²) in [5.41, 5.74) is 2.23. The van der Waals surface area contributed by atoms with E-state index < -0.39 is 0 Å². The average Bonchev–Trinajstić information content (AvgIpc) is 3.36. The SMILES string of the molecule is COc1cc2c(cc1OC)CN(C(=O)C1CC(=O)N(Cc3ccco3)C1)CC2. The van der Waals surface area contributed by atoms with Crippen molar-refractivity contribution < 1.29 is 23.5 Å². The molecule has 2 aliphatic rings. The lowest BCUT2D eigenvalue weighted by atomic mass is 9.97. The Morgan fingerprint density at radius 1 is 1.21 bits per heavy atom. The highest BCUT2D eigenvalue weighted by atomic mass is 16.5. The van der Waals surface area contributed by atoms with Crippen LogP contribution >= 0.6 is 0 Å². The molecule has 2 aliphatic heterocycles. The summed E-state index contributed by atoms with van der Waals surface area (Å²) in [6.07, 6.45) is 2.61. The van der Waals surface area contributed by atoms with Gasteiger partial charge in [0.2, 0.25) is 11.8 Å². The molecule has 2 aromatic rings. The molecule has 2 amide bonds. The minimum Gasteiger partial charge on any atom is -0.493 e. The molecule has 28 heavy (non-hydrogen) atoms. The highest BCUT2D eigenvalue weighted by Gasteiger charge is 2.37. The molecule has 1 atom stereocenters. The zero-order valence-electron chi connectivity index (χ0n) is 16.1. The summed E-state index contributed by atoms with van der Waals surface area (Å²) in [4.78, 5) is 28.9. The number of benzene rings is 1. The molecule has 0 spiro atoms. The Bertz CT molecular complexity index is 877. The summed E-state index contributed by atoms with van der Waals surface area (Å²) in [5, 5.41) is 0. The van der Waals surface area contributed by atoms with E-state index in [-0.39, 0.29) is 24.2 Å². The molecule has 7 nitrogen and oxygen atoms in total. The fraction of sp³-hybridized carbons (Fsp3) is 0.429. The van der Waals surface area contributed by atoms with Gasteiger partial charge in [0.05, 0.1) is 32.9 Å². The number of amides is 2. The minimum atomic E-state index is -0.302.